The minimum atomic E-state index is 0. The van der Waals surface area contributed by atoms with E-state index >= 15 is 0 Å². The number of pyridine rings is 1. The fourth-order valence-corrected chi connectivity index (χ4v) is 6.85. The first-order chi connectivity index (χ1) is 24.3. The summed E-state index contributed by atoms with van der Waals surface area (Å²) < 4.78 is 10.7. The van der Waals surface area contributed by atoms with Crippen LogP contribution in [0.5, 0.6) is 11.5 Å². The summed E-state index contributed by atoms with van der Waals surface area (Å²) in [6.07, 6.45) is 11.6. The molecule has 0 spiro atoms. The van der Waals surface area contributed by atoms with E-state index in [-0.39, 0.29) is 21.1 Å². The smallest absolute Gasteiger partial charge is 0.509 e. The minimum absolute atomic E-state index is 0. The number of hydrogen-bond acceptors (Lipinski definition) is 3. The SMILES string of the molecule is CCCCc1cccc(C)c1-c1cnn(-c2[c-]c(Oc3[c-]c4c(cc3)c3ccccc3n4-c3cc(CCC(C)C)ccn3)cc(C(C)C)c2)c1.[Pt+2]. The quantitative estimate of drug-likeness (QED) is 0.115. The number of unbranched alkanes of at least 4 members (excludes halogenated alkanes) is 1. The van der Waals surface area contributed by atoms with Crippen LogP contribution in [0.1, 0.15) is 82.1 Å². The minimum Gasteiger partial charge on any atom is -0.509 e. The van der Waals surface area contributed by atoms with Gasteiger partial charge in [-0.2, -0.15) is 11.2 Å². The van der Waals surface area contributed by atoms with Crippen LogP contribution in [0.4, 0.5) is 0 Å². The van der Waals surface area contributed by atoms with Gasteiger partial charge in [0, 0.05) is 35.0 Å². The van der Waals surface area contributed by atoms with Crippen LogP contribution >= 0.6 is 0 Å². The van der Waals surface area contributed by atoms with Crippen molar-refractivity contribution in [2.45, 2.75) is 79.6 Å². The summed E-state index contributed by atoms with van der Waals surface area (Å²) >= 11 is 0. The molecule has 0 saturated heterocycles. The Bertz CT molecular complexity index is 2280. The number of para-hydroxylation sites is 1. The molecule has 0 fully saturated rings. The van der Waals surface area contributed by atoms with Gasteiger partial charge in [-0.15, -0.1) is 41.3 Å². The molecule has 0 saturated carbocycles. The van der Waals surface area contributed by atoms with Crippen molar-refractivity contribution in [1.82, 2.24) is 19.3 Å². The molecule has 0 unspecified atom stereocenters. The van der Waals surface area contributed by atoms with Gasteiger partial charge in [0.1, 0.15) is 5.82 Å². The van der Waals surface area contributed by atoms with Crippen LogP contribution < -0.4 is 4.74 Å². The third kappa shape index (κ3) is 7.75. The van der Waals surface area contributed by atoms with Crippen LogP contribution in [0, 0.1) is 25.0 Å². The van der Waals surface area contributed by atoms with Gasteiger partial charge in [0.2, 0.25) is 0 Å². The van der Waals surface area contributed by atoms with Crippen LogP contribution in [-0.4, -0.2) is 19.3 Å². The van der Waals surface area contributed by atoms with Crippen molar-refractivity contribution in [2.24, 2.45) is 5.92 Å². The van der Waals surface area contributed by atoms with E-state index in [1.807, 2.05) is 23.1 Å². The Morgan fingerprint density at radius 2 is 1.69 bits per heavy atom. The van der Waals surface area contributed by atoms with Crippen molar-refractivity contribution >= 4 is 21.8 Å². The summed E-state index contributed by atoms with van der Waals surface area (Å²) in [6.45, 7) is 13.4. The first-order valence-electron chi connectivity index (χ1n) is 18.1. The maximum Gasteiger partial charge on any atom is 2.00 e. The number of fused-ring (bicyclic) bond motifs is 3. The second-order valence-corrected chi connectivity index (χ2v) is 14.2. The number of rotatable bonds is 12. The van der Waals surface area contributed by atoms with E-state index in [0.29, 0.717) is 23.3 Å². The van der Waals surface area contributed by atoms with Crippen LogP contribution in [-0.2, 0) is 33.9 Å². The van der Waals surface area contributed by atoms with Gasteiger partial charge >= 0.3 is 21.1 Å². The molecular formula is C45H46N4OPt. The van der Waals surface area contributed by atoms with Gasteiger partial charge in [0.25, 0.3) is 0 Å². The molecule has 0 amide bonds. The fourth-order valence-electron chi connectivity index (χ4n) is 6.85. The van der Waals surface area contributed by atoms with Crippen LogP contribution in [0.15, 0.2) is 97.5 Å². The van der Waals surface area contributed by atoms with E-state index in [9.17, 15) is 0 Å². The monoisotopic (exact) mass is 853 g/mol. The Kier molecular flexibility index (Phi) is 11.3. The first-order valence-corrected chi connectivity index (χ1v) is 18.1. The number of aryl methyl sites for hydroxylation is 3. The maximum atomic E-state index is 6.60. The van der Waals surface area contributed by atoms with E-state index in [2.05, 4.69) is 137 Å². The third-order valence-corrected chi connectivity index (χ3v) is 9.62. The van der Waals surface area contributed by atoms with Gasteiger partial charge in [0.05, 0.1) is 6.20 Å². The van der Waals surface area contributed by atoms with Crippen molar-refractivity contribution in [2.75, 3.05) is 0 Å². The predicted octanol–water partition coefficient (Wildman–Crippen LogP) is 11.8. The van der Waals surface area contributed by atoms with Crippen LogP contribution in [0.3, 0.4) is 0 Å². The Hall–Kier alpha value is -4.47. The fraction of sp³-hybridized carbons (Fsp3) is 0.289. The van der Waals surface area contributed by atoms with E-state index in [0.717, 1.165) is 63.7 Å². The largest absolute Gasteiger partial charge is 2.00 e. The van der Waals surface area contributed by atoms with Crippen LogP contribution in [0.25, 0.3) is 44.4 Å². The maximum absolute atomic E-state index is 6.60. The Morgan fingerprint density at radius 1 is 0.843 bits per heavy atom. The topological polar surface area (TPSA) is 44.9 Å². The molecule has 262 valence electrons. The van der Waals surface area contributed by atoms with Crippen LogP contribution in [0.2, 0.25) is 0 Å². The molecule has 51 heavy (non-hydrogen) atoms. The summed E-state index contributed by atoms with van der Waals surface area (Å²) in [5.41, 5.74) is 10.4. The van der Waals surface area contributed by atoms with Crippen molar-refractivity contribution in [3.8, 4) is 34.1 Å². The number of ether oxygens (including phenoxy) is 1. The second-order valence-electron chi connectivity index (χ2n) is 14.2. The van der Waals surface area contributed by atoms with Gasteiger partial charge in [0.15, 0.2) is 0 Å². The predicted molar refractivity (Wildman–Crippen MR) is 206 cm³/mol. The van der Waals surface area contributed by atoms with Gasteiger partial charge in [-0.05, 0) is 96.0 Å². The first kappa shape index (κ1) is 36.3. The van der Waals surface area contributed by atoms with Crippen molar-refractivity contribution < 1.29 is 25.8 Å². The Balaban J connectivity index is 0.00000448. The average Bonchev–Trinajstić information content (AvgIpc) is 3.73. The summed E-state index contributed by atoms with van der Waals surface area (Å²) in [5.74, 6) is 3.09. The van der Waals surface area contributed by atoms with E-state index in [1.165, 1.54) is 35.1 Å². The third-order valence-electron chi connectivity index (χ3n) is 9.62. The summed E-state index contributed by atoms with van der Waals surface area (Å²) in [5, 5.41) is 7.10. The van der Waals surface area contributed by atoms with Gasteiger partial charge < -0.3 is 9.30 Å². The molecule has 5 nitrogen and oxygen atoms in total. The summed E-state index contributed by atoms with van der Waals surface area (Å²) in [7, 11) is 0. The summed E-state index contributed by atoms with van der Waals surface area (Å²) in [6, 6.07) is 34.9. The number of benzene rings is 4. The zero-order valence-corrected chi connectivity index (χ0v) is 32.7. The molecule has 7 rings (SSSR count). The van der Waals surface area contributed by atoms with Crippen molar-refractivity contribution in [3.63, 3.8) is 0 Å². The zero-order valence-electron chi connectivity index (χ0n) is 30.4. The number of aromatic nitrogens is 4. The molecule has 6 heteroatoms. The van der Waals surface area contributed by atoms with Gasteiger partial charge in [-0.25, -0.2) is 4.98 Å². The molecule has 0 bridgehead atoms. The second kappa shape index (κ2) is 15.8. The normalized spacial score (nSPS) is 11.5. The van der Waals surface area contributed by atoms with Gasteiger partial charge in [-0.3, -0.25) is 4.68 Å². The molecule has 0 atom stereocenters. The molecule has 7 aromatic rings. The standard InChI is InChI=1S/C45H46N4O.Pt/c1-7-8-13-34-14-11-12-32(6)45(34)36-28-47-48(29-36)37-24-35(31(4)5)25-39(26-37)50-38-19-20-41-40-15-9-10-16-42(40)49(43(41)27-38)44-23-33(21-22-46-44)18-17-30(2)3;/h9-12,14-16,19-25,28-31H,7-8,13,17-18H2,1-6H3;/q-2;+2. The van der Waals surface area contributed by atoms with Crippen molar-refractivity contribution in [3.05, 3.63) is 132 Å². The van der Waals surface area contributed by atoms with Crippen molar-refractivity contribution in [1.29, 1.82) is 0 Å². The van der Waals surface area contributed by atoms with E-state index in [4.69, 9.17) is 14.8 Å². The molecule has 0 aliphatic rings. The zero-order chi connectivity index (χ0) is 34.8. The number of nitrogens with zero attached hydrogens (tertiary/aromatic N) is 4. The van der Waals surface area contributed by atoms with E-state index < -0.39 is 0 Å². The molecule has 0 aliphatic heterocycles. The number of hydrogen-bond donors (Lipinski definition) is 0. The Labute approximate surface area is 317 Å². The molecular weight excluding hydrogens is 808 g/mol. The summed E-state index contributed by atoms with van der Waals surface area (Å²) in [4.78, 5) is 4.83. The molecule has 3 heterocycles. The molecule has 0 aliphatic carbocycles. The van der Waals surface area contributed by atoms with E-state index in [1.54, 1.807) is 0 Å². The Morgan fingerprint density at radius 3 is 2.49 bits per heavy atom. The molecule has 3 aromatic heterocycles. The molecule has 4 aromatic carbocycles. The molecule has 0 radical (unpaired) electrons. The molecule has 0 N–H and O–H groups in total. The average molecular weight is 854 g/mol. The van der Waals surface area contributed by atoms with Gasteiger partial charge in [-0.1, -0.05) is 83.0 Å².